The van der Waals surface area contributed by atoms with E-state index in [1.807, 2.05) is 0 Å². The molecule has 1 heterocycles. The predicted octanol–water partition coefficient (Wildman–Crippen LogP) is 4.31. The summed E-state index contributed by atoms with van der Waals surface area (Å²) in [4.78, 5) is 32.7. The van der Waals surface area contributed by atoms with Crippen LogP contribution in [0.1, 0.15) is 34.3 Å². The Kier molecular flexibility index (Phi) is 7.53. The lowest BCUT2D eigenvalue weighted by atomic mass is 10.0. The third-order valence-corrected chi connectivity index (χ3v) is 6.31. The van der Waals surface area contributed by atoms with Gasteiger partial charge in [0.15, 0.2) is 0 Å². The summed E-state index contributed by atoms with van der Waals surface area (Å²) in [6, 6.07) is 14.3. The lowest BCUT2D eigenvalue weighted by Crippen LogP contribution is -2.11. The standard InChI is InChI=1S/C23H19BrN3O5P/c1-32-22-7-4-15(12-25)9-16(22)10-17(13-26)20-14-27(21-6-5-18(24)11-19(20)21)23(28)3-2-8-33(29,30)31/h4-7,9-11,14H,2-3,8H2,1H3,(H2,29,30,31)/p-1/b17-10+. The Hall–Kier alpha value is -3.20. The number of ether oxygens (including phenoxy) is 1. The molecule has 33 heavy (non-hydrogen) atoms. The van der Waals surface area contributed by atoms with Crippen molar-refractivity contribution in [3.05, 3.63) is 63.8 Å². The van der Waals surface area contributed by atoms with Gasteiger partial charge in [-0.05, 0) is 48.9 Å². The van der Waals surface area contributed by atoms with Crippen LogP contribution in [0.25, 0.3) is 22.6 Å². The molecule has 0 bridgehead atoms. The van der Waals surface area contributed by atoms with Crippen molar-refractivity contribution in [2.24, 2.45) is 0 Å². The Morgan fingerprint density at radius 1 is 1.30 bits per heavy atom. The number of carbonyl (C=O) groups excluding carboxylic acids is 1. The lowest BCUT2D eigenvalue weighted by Gasteiger charge is -2.14. The second-order valence-corrected chi connectivity index (χ2v) is 9.81. The van der Waals surface area contributed by atoms with Crippen molar-refractivity contribution in [2.45, 2.75) is 12.8 Å². The number of allylic oxidation sites excluding steroid dienone is 1. The van der Waals surface area contributed by atoms with Gasteiger partial charge in [-0.2, -0.15) is 10.5 Å². The van der Waals surface area contributed by atoms with E-state index in [9.17, 15) is 24.8 Å². The zero-order chi connectivity index (χ0) is 24.2. The summed E-state index contributed by atoms with van der Waals surface area (Å²) in [6.45, 7) is 0. The maximum atomic E-state index is 12.8. The summed E-state index contributed by atoms with van der Waals surface area (Å²) in [5.41, 5.74) is 2.22. The highest BCUT2D eigenvalue weighted by atomic mass is 79.9. The number of halogens is 1. The molecule has 0 spiro atoms. The van der Waals surface area contributed by atoms with Crippen LogP contribution in [0.3, 0.4) is 0 Å². The molecule has 0 aliphatic heterocycles. The Balaban J connectivity index is 2.11. The van der Waals surface area contributed by atoms with Crippen molar-refractivity contribution < 1.29 is 23.9 Å². The third-order valence-electron chi connectivity index (χ3n) is 4.94. The zero-order valence-electron chi connectivity index (χ0n) is 17.5. The lowest BCUT2D eigenvalue weighted by molar-refractivity contribution is -0.193. The van der Waals surface area contributed by atoms with Crippen LogP contribution in [0.2, 0.25) is 0 Å². The largest absolute Gasteiger partial charge is 0.779 e. The average molecular weight is 527 g/mol. The van der Waals surface area contributed by atoms with Crippen LogP contribution in [-0.4, -0.2) is 28.6 Å². The molecule has 10 heteroatoms. The van der Waals surface area contributed by atoms with Crippen molar-refractivity contribution in [1.82, 2.24) is 4.57 Å². The fourth-order valence-corrected chi connectivity index (χ4v) is 4.34. The van der Waals surface area contributed by atoms with Crippen molar-refractivity contribution in [1.29, 1.82) is 10.5 Å². The van der Waals surface area contributed by atoms with Gasteiger partial charge in [-0.1, -0.05) is 15.9 Å². The molecule has 3 aromatic rings. The average Bonchev–Trinajstić information content (AvgIpc) is 3.14. The van der Waals surface area contributed by atoms with Gasteiger partial charge in [-0.25, -0.2) is 0 Å². The van der Waals surface area contributed by atoms with Gasteiger partial charge in [0.25, 0.3) is 0 Å². The van der Waals surface area contributed by atoms with Crippen LogP contribution in [0.4, 0.5) is 0 Å². The van der Waals surface area contributed by atoms with Gasteiger partial charge in [-0.3, -0.25) is 9.36 Å². The smallest absolute Gasteiger partial charge is 0.231 e. The molecule has 0 fully saturated rings. The first kappa shape index (κ1) is 24.4. The summed E-state index contributed by atoms with van der Waals surface area (Å²) >= 11 is 3.41. The van der Waals surface area contributed by atoms with Gasteiger partial charge in [0.2, 0.25) is 5.91 Å². The Morgan fingerprint density at radius 3 is 2.70 bits per heavy atom. The van der Waals surface area contributed by atoms with Crippen LogP contribution in [-0.2, 0) is 4.57 Å². The van der Waals surface area contributed by atoms with Crippen LogP contribution in [0.5, 0.6) is 5.75 Å². The fourth-order valence-electron chi connectivity index (χ4n) is 3.42. The summed E-state index contributed by atoms with van der Waals surface area (Å²) in [6.07, 6.45) is 2.50. The van der Waals surface area contributed by atoms with Crippen molar-refractivity contribution >= 4 is 52.0 Å². The highest BCUT2D eigenvalue weighted by Gasteiger charge is 2.18. The number of carbonyl (C=O) groups is 1. The zero-order valence-corrected chi connectivity index (χ0v) is 20.0. The molecule has 8 nitrogen and oxygen atoms in total. The second-order valence-electron chi connectivity index (χ2n) is 7.17. The van der Waals surface area contributed by atoms with Crippen LogP contribution < -0.4 is 9.63 Å². The monoisotopic (exact) mass is 526 g/mol. The molecule has 0 aliphatic rings. The van der Waals surface area contributed by atoms with E-state index in [2.05, 4.69) is 28.1 Å². The Labute approximate surface area is 198 Å². The van der Waals surface area contributed by atoms with Gasteiger partial charge in [0.05, 0.1) is 35.9 Å². The van der Waals surface area contributed by atoms with E-state index in [0.717, 1.165) is 4.47 Å². The van der Waals surface area contributed by atoms with Gasteiger partial charge >= 0.3 is 0 Å². The molecular formula is C23H18BrN3O5P-. The minimum Gasteiger partial charge on any atom is -0.779 e. The number of benzene rings is 2. The van der Waals surface area contributed by atoms with Crippen molar-refractivity contribution in [3.63, 3.8) is 0 Å². The quantitative estimate of drug-likeness (QED) is 0.357. The predicted molar refractivity (Wildman–Crippen MR) is 125 cm³/mol. The summed E-state index contributed by atoms with van der Waals surface area (Å²) < 4.78 is 18.5. The number of hydrogen-bond acceptors (Lipinski definition) is 6. The number of nitriles is 2. The number of rotatable bonds is 7. The maximum Gasteiger partial charge on any atom is 0.231 e. The Bertz CT molecular complexity index is 1390. The summed E-state index contributed by atoms with van der Waals surface area (Å²) in [5, 5.41) is 19.8. The number of nitrogens with zero attached hydrogens (tertiary/aromatic N) is 3. The molecule has 0 radical (unpaired) electrons. The van der Waals surface area contributed by atoms with E-state index in [1.165, 1.54) is 17.9 Å². The molecule has 1 unspecified atom stereocenters. The summed E-state index contributed by atoms with van der Waals surface area (Å²) in [7, 11) is -2.96. The molecule has 1 atom stereocenters. The van der Waals surface area contributed by atoms with Crippen molar-refractivity contribution in [2.75, 3.05) is 13.3 Å². The number of hydrogen-bond donors (Lipinski definition) is 1. The molecule has 1 N–H and O–H groups in total. The van der Waals surface area contributed by atoms with E-state index in [4.69, 9.17) is 9.63 Å². The van der Waals surface area contributed by atoms with E-state index in [1.54, 1.807) is 42.5 Å². The highest BCUT2D eigenvalue weighted by molar-refractivity contribution is 9.10. The first-order valence-electron chi connectivity index (χ1n) is 9.74. The van der Waals surface area contributed by atoms with Gasteiger partial charge in [0, 0.05) is 39.8 Å². The molecule has 0 aliphatic carbocycles. The number of aromatic nitrogens is 1. The van der Waals surface area contributed by atoms with Crippen LogP contribution in [0.15, 0.2) is 47.1 Å². The second kappa shape index (κ2) is 10.2. The van der Waals surface area contributed by atoms with Gasteiger partial charge in [-0.15, -0.1) is 0 Å². The normalized spacial score (nSPS) is 13.2. The van der Waals surface area contributed by atoms with E-state index in [-0.39, 0.29) is 24.3 Å². The first-order valence-corrected chi connectivity index (χ1v) is 12.3. The molecule has 168 valence electrons. The molecular weight excluding hydrogens is 509 g/mol. The summed E-state index contributed by atoms with van der Waals surface area (Å²) in [5.74, 6) is 0.108. The molecule has 2 aromatic carbocycles. The number of fused-ring (bicyclic) bond motifs is 1. The fraction of sp³-hybridized carbons (Fsp3) is 0.174. The highest BCUT2D eigenvalue weighted by Crippen LogP contribution is 2.34. The maximum absolute atomic E-state index is 12.8. The van der Waals surface area contributed by atoms with E-state index in [0.29, 0.717) is 33.3 Å². The SMILES string of the molecule is COc1ccc(C#N)cc1/C=C(\C#N)c1cn(C(=O)CCCP(=O)([O-])O)c2ccc(Br)cc12. The van der Waals surface area contributed by atoms with Gasteiger partial charge in [0.1, 0.15) is 13.3 Å². The van der Waals surface area contributed by atoms with Crippen LogP contribution in [0, 0.1) is 22.7 Å². The minimum absolute atomic E-state index is 0.0270. The van der Waals surface area contributed by atoms with E-state index >= 15 is 0 Å². The third kappa shape index (κ3) is 5.78. The van der Waals surface area contributed by atoms with Crippen LogP contribution >= 0.6 is 23.5 Å². The Morgan fingerprint density at radius 2 is 2.06 bits per heavy atom. The molecule has 0 amide bonds. The van der Waals surface area contributed by atoms with E-state index < -0.39 is 13.8 Å². The number of methoxy groups -OCH3 is 1. The molecule has 0 saturated carbocycles. The molecule has 3 rings (SSSR count). The van der Waals surface area contributed by atoms with Crippen molar-refractivity contribution in [3.8, 4) is 17.9 Å². The topological polar surface area (TPSA) is 139 Å². The van der Waals surface area contributed by atoms with Gasteiger partial charge < -0.3 is 19.1 Å². The molecule has 1 aromatic heterocycles. The minimum atomic E-state index is -4.44. The molecule has 0 saturated heterocycles. The first-order chi connectivity index (χ1) is 15.7.